The predicted molar refractivity (Wildman–Crippen MR) is 133 cm³/mol. The number of hydrogen-bond donors (Lipinski definition) is 1. The van der Waals surface area contributed by atoms with Crippen LogP contribution in [0.5, 0.6) is 0 Å². The molecule has 2 amide bonds. The van der Waals surface area contributed by atoms with Crippen molar-refractivity contribution in [2.75, 3.05) is 4.90 Å². The van der Waals surface area contributed by atoms with E-state index in [1.165, 1.54) is 22.6 Å². The van der Waals surface area contributed by atoms with Crippen molar-refractivity contribution in [3.63, 3.8) is 0 Å². The lowest BCUT2D eigenvalue weighted by Gasteiger charge is -2.35. The first-order valence-electron chi connectivity index (χ1n) is 11.2. The van der Waals surface area contributed by atoms with Crippen LogP contribution in [-0.2, 0) is 6.42 Å². The molecule has 1 unspecified atom stereocenters. The summed E-state index contributed by atoms with van der Waals surface area (Å²) in [5.74, 6) is 0.333. The van der Waals surface area contributed by atoms with Gasteiger partial charge < -0.3 is 9.84 Å². The van der Waals surface area contributed by atoms with Crippen molar-refractivity contribution in [2.45, 2.75) is 26.3 Å². The van der Waals surface area contributed by atoms with Gasteiger partial charge in [0.25, 0.3) is 5.89 Å². The van der Waals surface area contributed by atoms with Gasteiger partial charge in [0.15, 0.2) is 0 Å². The molecular formula is C27H22ClFN4O2. The Hall–Kier alpha value is -3.97. The maximum atomic E-state index is 13.6. The third-order valence-corrected chi connectivity index (χ3v) is 6.27. The van der Waals surface area contributed by atoms with Gasteiger partial charge in [-0.05, 0) is 54.8 Å². The number of rotatable bonds is 5. The first-order chi connectivity index (χ1) is 16.9. The van der Waals surface area contributed by atoms with Gasteiger partial charge in [-0.1, -0.05) is 66.1 Å². The summed E-state index contributed by atoms with van der Waals surface area (Å²) >= 11 is 6.19. The highest BCUT2D eigenvalue weighted by Gasteiger charge is 2.36. The number of amides is 2. The fraction of sp³-hybridized carbons (Fsp3) is 0.148. The van der Waals surface area contributed by atoms with E-state index < -0.39 is 6.04 Å². The van der Waals surface area contributed by atoms with Gasteiger partial charge >= 0.3 is 6.03 Å². The quantitative estimate of drug-likeness (QED) is 0.335. The number of allylic oxidation sites excluding steroid dienone is 1. The minimum absolute atomic E-state index is 0.262. The second kappa shape index (κ2) is 9.35. The van der Waals surface area contributed by atoms with Crippen LogP contribution in [-0.4, -0.2) is 16.2 Å². The molecule has 6 nitrogen and oxygen atoms in total. The van der Waals surface area contributed by atoms with Crippen molar-refractivity contribution in [1.82, 2.24) is 15.5 Å². The standard InChI is InChI=1S/C27H22ClFN4O2/c1-3-17-7-9-19(10-8-17)25-31-26(35-32-25)23-16(2)33(22-6-4-5-20(28)15-22)27(34)30-24(23)18-11-13-21(29)14-12-18/h4-15,24H,3H2,1-2H3,(H,30,34). The van der Waals surface area contributed by atoms with E-state index in [1.807, 2.05) is 31.2 Å². The average molecular weight is 489 g/mol. The fourth-order valence-corrected chi connectivity index (χ4v) is 4.38. The number of urea groups is 1. The SMILES string of the molecule is CCc1ccc(-c2noc(C3=C(C)N(c4cccc(Cl)c4)C(=O)NC3c3ccc(F)cc3)n2)cc1. The Balaban J connectivity index is 1.63. The largest absolute Gasteiger partial charge is 0.334 e. The fourth-order valence-electron chi connectivity index (χ4n) is 4.19. The molecule has 1 atom stereocenters. The van der Waals surface area contributed by atoms with Crippen LogP contribution in [0, 0.1) is 5.82 Å². The van der Waals surface area contributed by atoms with Gasteiger partial charge in [0.2, 0.25) is 5.82 Å². The lowest BCUT2D eigenvalue weighted by molar-refractivity contribution is 0.244. The molecular weight excluding hydrogens is 467 g/mol. The molecule has 4 aromatic rings. The molecule has 3 aromatic carbocycles. The number of nitrogens with one attached hydrogen (secondary N) is 1. The summed E-state index contributed by atoms with van der Waals surface area (Å²) in [6.07, 6.45) is 0.933. The Morgan fingerprint density at radius 1 is 1.09 bits per heavy atom. The topological polar surface area (TPSA) is 71.3 Å². The zero-order valence-corrected chi connectivity index (χ0v) is 19.9. The summed E-state index contributed by atoms with van der Waals surface area (Å²) in [7, 11) is 0. The van der Waals surface area contributed by atoms with E-state index in [0.29, 0.717) is 33.4 Å². The second-order valence-electron chi connectivity index (χ2n) is 8.22. The Kier molecular flexibility index (Phi) is 6.09. The van der Waals surface area contributed by atoms with E-state index in [1.54, 1.807) is 36.4 Å². The molecule has 2 heterocycles. The zero-order chi connectivity index (χ0) is 24.5. The first-order valence-corrected chi connectivity index (χ1v) is 11.6. The molecule has 1 aliphatic heterocycles. The number of benzene rings is 3. The van der Waals surface area contributed by atoms with E-state index in [0.717, 1.165) is 12.0 Å². The van der Waals surface area contributed by atoms with Gasteiger partial charge in [-0.3, -0.25) is 4.90 Å². The molecule has 0 saturated carbocycles. The highest BCUT2D eigenvalue weighted by molar-refractivity contribution is 6.31. The van der Waals surface area contributed by atoms with Gasteiger partial charge in [0, 0.05) is 16.3 Å². The summed E-state index contributed by atoms with van der Waals surface area (Å²) in [5, 5.41) is 7.69. The average Bonchev–Trinajstić information content (AvgIpc) is 3.34. The minimum Gasteiger partial charge on any atom is -0.334 e. The highest BCUT2D eigenvalue weighted by Crippen LogP contribution is 2.39. The van der Waals surface area contributed by atoms with Crippen LogP contribution in [0.15, 0.2) is 83.0 Å². The minimum atomic E-state index is -0.616. The summed E-state index contributed by atoms with van der Waals surface area (Å²) in [4.78, 5) is 19.4. The third kappa shape index (κ3) is 4.42. The van der Waals surface area contributed by atoms with Crippen molar-refractivity contribution in [2.24, 2.45) is 0 Å². The molecule has 1 aliphatic rings. The summed E-state index contributed by atoms with van der Waals surface area (Å²) in [6, 6.07) is 20.0. The van der Waals surface area contributed by atoms with E-state index in [-0.39, 0.29) is 17.7 Å². The molecule has 0 bridgehead atoms. The number of hydrogen-bond acceptors (Lipinski definition) is 4. The Morgan fingerprint density at radius 3 is 2.51 bits per heavy atom. The number of aryl methyl sites for hydroxylation is 1. The molecule has 0 saturated heterocycles. The van der Waals surface area contributed by atoms with Crippen LogP contribution in [0.25, 0.3) is 17.0 Å². The second-order valence-corrected chi connectivity index (χ2v) is 8.66. The van der Waals surface area contributed by atoms with Crippen molar-refractivity contribution in [1.29, 1.82) is 0 Å². The summed E-state index contributed by atoms with van der Waals surface area (Å²) < 4.78 is 19.3. The summed E-state index contributed by atoms with van der Waals surface area (Å²) in [6.45, 7) is 3.90. The normalized spacial score (nSPS) is 15.9. The van der Waals surface area contributed by atoms with Crippen LogP contribution >= 0.6 is 11.6 Å². The van der Waals surface area contributed by atoms with Crippen molar-refractivity contribution in [3.05, 3.63) is 106 Å². The highest BCUT2D eigenvalue weighted by atomic mass is 35.5. The number of carbonyl (C=O) groups is 1. The number of anilines is 1. The van der Waals surface area contributed by atoms with Gasteiger partial charge in [-0.25, -0.2) is 9.18 Å². The smallest absolute Gasteiger partial charge is 0.326 e. The van der Waals surface area contributed by atoms with E-state index in [9.17, 15) is 9.18 Å². The lowest BCUT2D eigenvalue weighted by atomic mass is 9.94. The molecule has 0 aliphatic carbocycles. The lowest BCUT2D eigenvalue weighted by Crippen LogP contribution is -2.46. The Morgan fingerprint density at radius 2 is 1.83 bits per heavy atom. The molecule has 0 spiro atoms. The molecule has 35 heavy (non-hydrogen) atoms. The van der Waals surface area contributed by atoms with E-state index in [4.69, 9.17) is 16.1 Å². The maximum absolute atomic E-state index is 13.6. The number of halogens is 2. The van der Waals surface area contributed by atoms with Gasteiger partial charge in [0.1, 0.15) is 5.82 Å². The summed E-state index contributed by atoms with van der Waals surface area (Å²) in [5.41, 5.74) is 4.52. The van der Waals surface area contributed by atoms with Crippen LogP contribution in [0.2, 0.25) is 5.02 Å². The molecule has 0 radical (unpaired) electrons. The van der Waals surface area contributed by atoms with Crippen molar-refractivity contribution in [3.8, 4) is 11.4 Å². The van der Waals surface area contributed by atoms with Crippen LogP contribution < -0.4 is 10.2 Å². The van der Waals surface area contributed by atoms with Crippen LogP contribution in [0.3, 0.4) is 0 Å². The van der Waals surface area contributed by atoms with Crippen molar-refractivity contribution < 1.29 is 13.7 Å². The monoisotopic (exact) mass is 488 g/mol. The van der Waals surface area contributed by atoms with Crippen molar-refractivity contribution >= 4 is 28.9 Å². The Bertz CT molecular complexity index is 1410. The molecule has 1 N–H and O–H groups in total. The van der Waals surface area contributed by atoms with Gasteiger partial charge in [-0.2, -0.15) is 4.98 Å². The van der Waals surface area contributed by atoms with Gasteiger partial charge in [0.05, 0.1) is 17.3 Å². The predicted octanol–water partition coefficient (Wildman–Crippen LogP) is 6.79. The Labute approximate surface area is 207 Å². The molecule has 1 aromatic heterocycles. The molecule has 5 rings (SSSR count). The van der Waals surface area contributed by atoms with E-state index >= 15 is 0 Å². The molecule has 176 valence electrons. The van der Waals surface area contributed by atoms with Crippen LogP contribution in [0.4, 0.5) is 14.9 Å². The first kappa shape index (κ1) is 22.8. The number of nitrogens with zero attached hydrogens (tertiary/aromatic N) is 3. The third-order valence-electron chi connectivity index (χ3n) is 6.03. The number of aromatic nitrogens is 2. The number of carbonyl (C=O) groups excluding carboxylic acids is 1. The van der Waals surface area contributed by atoms with E-state index in [2.05, 4.69) is 22.4 Å². The van der Waals surface area contributed by atoms with Crippen LogP contribution in [0.1, 0.15) is 36.9 Å². The maximum Gasteiger partial charge on any atom is 0.326 e. The van der Waals surface area contributed by atoms with Gasteiger partial charge in [-0.15, -0.1) is 0 Å². The molecule has 0 fully saturated rings. The molecule has 8 heteroatoms. The zero-order valence-electron chi connectivity index (χ0n) is 19.1.